The van der Waals surface area contributed by atoms with Crippen LogP contribution in [0, 0.1) is 46.0 Å². The molecule has 9 nitrogen and oxygen atoms in total. The van der Waals surface area contributed by atoms with Gasteiger partial charge in [-0.3, -0.25) is 4.79 Å². The van der Waals surface area contributed by atoms with Crippen molar-refractivity contribution in [3.05, 3.63) is 59.7 Å². The number of cyclic esters (lactones) is 1. The van der Waals surface area contributed by atoms with E-state index in [1.54, 1.807) is 6.08 Å². The molecule has 1 unspecified atom stereocenters. The number of nitrogens with one attached hydrogen (secondary N) is 1. The van der Waals surface area contributed by atoms with Crippen LogP contribution in [-0.2, 0) is 30.2 Å². The number of esters is 2. The maximum Gasteiger partial charge on any atom is 0.331 e. The first-order valence-corrected chi connectivity index (χ1v) is 20.2. The number of aryl methyl sites for hydroxylation is 1. The average Bonchev–Trinajstić information content (AvgIpc) is 3.77. The van der Waals surface area contributed by atoms with Crippen molar-refractivity contribution >= 4 is 11.9 Å². The van der Waals surface area contributed by atoms with Gasteiger partial charge in [-0.15, -0.1) is 0 Å². The van der Waals surface area contributed by atoms with E-state index in [1.165, 1.54) is 12.5 Å². The zero-order chi connectivity index (χ0) is 37.3. The monoisotopic (exact) mass is 726 g/mol. The molecule has 0 radical (unpaired) electrons. The number of aliphatic hydroxyl groups excluding tert-OH is 1. The van der Waals surface area contributed by atoms with E-state index in [0.717, 1.165) is 56.9 Å². The van der Waals surface area contributed by atoms with E-state index >= 15 is 0 Å². The molecule has 9 rings (SSSR count). The molecule has 6 bridgehead atoms. The molecule has 12 atom stereocenters. The molecule has 1 spiro atoms. The fraction of sp³-hybridized carbons (Fsp3) is 0.682. The van der Waals surface area contributed by atoms with Crippen molar-refractivity contribution < 1.29 is 34.0 Å². The van der Waals surface area contributed by atoms with Crippen molar-refractivity contribution in [2.24, 2.45) is 34.0 Å². The Balaban J connectivity index is 1.30. The molecular formula is C44H58N2O7. The van der Waals surface area contributed by atoms with Crippen LogP contribution in [0.15, 0.2) is 54.1 Å². The molecule has 53 heavy (non-hydrogen) atoms. The van der Waals surface area contributed by atoms with E-state index in [0.29, 0.717) is 44.6 Å². The number of hydrazine groups is 1. The molecule has 286 valence electrons. The molecule has 8 aliphatic rings. The van der Waals surface area contributed by atoms with Crippen LogP contribution in [0.3, 0.4) is 0 Å². The van der Waals surface area contributed by atoms with Crippen molar-refractivity contribution in [2.45, 2.75) is 140 Å². The van der Waals surface area contributed by atoms with Gasteiger partial charge < -0.3 is 24.4 Å². The van der Waals surface area contributed by atoms with Crippen LogP contribution in [0.4, 0.5) is 0 Å². The predicted molar refractivity (Wildman–Crippen MR) is 199 cm³/mol. The highest BCUT2D eigenvalue weighted by Gasteiger charge is 2.87. The lowest BCUT2D eigenvalue weighted by Gasteiger charge is -2.77. The summed E-state index contributed by atoms with van der Waals surface area (Å²) in [5, 5.41) is 29.2. The van der Waals surface area contributed by atoms with Gasteiger partial charge >= 0.3 is 11.9 Å². The Hall–Kier alpha value is -3.16. The number of hydrogen-bond donors (Lipinski definition) is 3. The fourth-order valence-electron chi connectivity index (χ4n) is 13.3. The lowest BCUT2D eigenvalue weighted by molar-refractivity contribution is -0.383. The van der Waals surface area contributed by atoms with Gasteiger partial charge in [0.25, 0.3) is 0 Å². The third-order valence-corrected chi connectivity index (χ3v) is 15.2. The molecular weight excluding hydrogens is 668 g/mol. The van der Waals surface area contributed by atoms with Crippen molar-refractivity contribution in [3.63, 3.8) is 0 Å². The lowest BCUT2D eigenvalue weighted by Crippen LogP contribution is -2.87. The second-order valence-corrected chi connectivity index (χ2v) is 18.2. The summed E-state index contributed by atoms with van der Waals surface area (Å²) in [5.41, 5.74) is -0.569. The van der Waals surface area contributed by atoms with Crippen LogP contribution in [0.1, 0.15) is 110 Å². The smallest absolute Gasteiger partial charge is 0.331 e. The van der Waals surface area contributed by atoms with E-state index in [1.807, 2.05) is 12.1 Å². The van der Waals surface area contributed by atoms with E-state index in [-0.39, 0.29) is 24.5 Å². The topological polar surface area (TPSA) is 118 Å². The van der Waals surface area contributed by atoms with Crippen molar-refractivity contribution in [1.29, 1.82) is 0 Å². The minimum absolute atomic E-state index is 0.150. The first-order chi connectivity index (χ1) is 25.3. The maximum absolute atomic E-state index is 13.9. The summed E-state index contributed by atoms with van der Waals surface area (Å²) < 4.78 is 19.3. The van der Waals surface area contributed by atoms with Gasteiger partial charge in [-0.05, 0) is 98.5 Å². The van der Waals surface area contributed by atoms with Gasteiger partial charge in [-0.25, -0.2) is 15.2 Å². The first kappa shape index (κ1) is 36.8. The molecule has 9 heteroatoms. The number of carbonyl (C=O) groups excluding carboxylic acids is 2. The molecule has 1 saturated heterocycles. The van der Waals surface area contributed by atoms with Gasteiger partial charge in [-0.1, -0.05) is 76.1 Å². The Bertz CT molecular complexity index is 1730. The van der Waals surface area contributed by atoms with E-state index in [4.69, 9.17) is 14.2 Å². The third kappa shape index (κ3) is 5.48. The molecule has 1 aromatic rings. The summed E-state index contributed by atoms with van der Waals surface area (Å²) in [6.45, 7) is 8.82. The number of fused-ring (bicyclic) bond motifs is 4. The van der Waals surface area contributed by atoms with Gasteiger partial charge in [0.05, 0.1) is 23.7 Å². The van der Waals surface area contributed by atoms with Crippen molar-refractivity contribution in [2.75, 3.05) is 13.2 Å². The summed E-state index contributed by atoms with van der Waals surface area (Å²) in [4.78, 5) is 25.7. The first-order valence-electron chi connectivity index (χ1n) is 20.2. The number of hydrogen-bond acceptors (Lipinski definition) is 9. The highest BCUT2D eigenvalue weighted by molar-refractivity contribution is 5.85. The highest BCUT2D eigenvalue weighted by Crippen LogP contribution is 2.79. The lowest BCUT2D eigenvalue weighted by atomic mass is 9.30. The maximum atomic E-state index is 13.9. The number of nitrogens with zero attached hydrogens (tertiary/aromatic N) is 1. The summed E-state index contributed by atoms with van der Waals surface area (Å²) in [6, 6.07) is 10.7. The van der Waals surface area contributed by atoms with Crippen LogP contribution >= 0.6 is 0 Å². The van der Waals surface area contributed by atoms with Crippen molar-refractivity contribution in [3.8, 4) is 12.0 Å². The van der Waals surface area contributed by atoms with Crippen LogP contribution in [-0.4, -0.2) is 69.4 Å². The molecule has 0 aromatic heterocycles. The number of ether oxygens (including phenoxy) is 3. The summed E-state index contributed by atoms with van der Waals surface area (Å²) in [6.07, 6.45) is 17.6. The Morgan fingerprint density at radius 1 is 1.11 bits per heavy atom. The fourth-order valence-corrected chi connectivity index (χ4v) is 13.3. The number of rotatable bonds is 11. The van der Waals surface area contributed by atoms with Gasteiger partial charge in [0, 0.05) is 36.8 Å². The van der Waals surface area contributed by atoms with Gasteiger partial charge in [-0.2, -0.15) is 0 Å². The molecule has 4 aliphatic carbocycles. The normalized spacial score (nSPS) is 43.8. The summed E-state index contributed by atoms with van der Waals surface area (Å²) in [5.74, 6) is 2.59. The van der Waals surface area contributed by atoms with Gasteiger partial charge in [0.1, 0.15) is 18.3 Å². The SMILES string of the molecule is CC(=O)O[C@@]12C[C@]3(C)C=C[C@@](O)(CC[C@H](C)CCCc4ccccc4)[C@@]45[C@H](O)CC[C@@](C)([C@H]6CCC[C@H]6N(CC#CO[C@@]43CCC3=CC(=O)OC3)N1)[C@@H]52. The Labute approximate surface area is 314 Å². The van der Waals surface area contributed by atoms with Crippen LogP contribution in [0.2, 0.25) is 0 Å². The standard InChI is InChI=1S/C44H58N2O7/c1-30(11-8-14-32-12-6-5-7-13-32)17-21-41(50)24-23-39(3)29-42(53-31(2)47)38-40(4)20-19-36(48)44(38,41)43(39,22-18-33-27-37(49)51-28-33)52-26-10-25-46(45-42)35-16-9-15-34(35)40/h5-7,12-13,23-24,27,30,34-36,38,45,48,50H,8-9,11,14-22,25,28-29H2,1-4H3/t30-,34+,35-,36-,38-,39+,40+,41+,42-,43-,44+/m1/s1. The van der Waals surface area contributed by atoms with Crippen LogP contribution in [0.5, 0.6) is 0 Å². The second-order valence-electron chi connectivity index (χ2n) is 18.2. The molecule has 4 fully saturated rings. The average molecular weight is 727 g/mol. The zero-order valence-corrected chi connectivity index (χ0v) is 32.0. The van der Waals surface area contributed by atoms with E-state index in [2.05, 4.69) is 73.6 Å². The molecule has 0 amide bonds. The highest BCUT2D eigenvalue weighted by atomic mass is 16.6. The number of carbonyl (C=O) groups is 2. The molecule has 1 aromatic carbocycles. The second kappa shape index (κ2) is 13.3. The summed E-state index contributed by atoms with van der Waals surface area (Å²) >= 11 is 0. The Morgan fingerprint density at radius 3 is 2.68 bits per heavy atom. The molecule has 4 heterocycles. The minimum atomic E-state index is -1.54. The van der Waals surface area contributed by atoms with Crippen molar-refractivity contribution in [1.82, 2.24) is 10.4 Å². The van der Waals surface area contributed by atoms with Crippen LogP contribution < -0.4 is 5.43 Å². The summed E-state index contributed by atoms with van der Waals surface area (Å²) in [7, 11) is 0. The van der Waals surface area contributed by atoms with Gasteiger partial charge in [0.2, 0.25) is 0 Å². The quantitative estimate of drug-likeness (QED) is 0.141. The third-order valence-electron chi connectivity index (χ3n) is 15.2. The van der Waals surface area contributed by atoms with E-state index in [9.17, 15) is 19.8 Å². The van der Waals surface area contributed by atoms with Crippen LogP contribution in [0.25, 0.3) is 0 Å². The predicted octanol–water partition coefficient (Wildman–Crippen LogP) is 6.14. The Kier molecular flexibility index (Phi) is 9.20. The largest absolute Gasteiger partial charge is 0.458 e. The zero-order valence-electron chi connectivity index (χ0n) is 32.0. The molecule has 3 N–H and O–H groups in total. The Morgan fingerprint density at radius 2 is 1.92 bits per heavy atom. The number of aliphatic hydroxyl groups is 2. The van der Waals surface area contributed by atoms with E-state index < -0.39 is 51.2 Å². The number of benzene rings is 1. The minimum Gasteiger partial charge on any atom is -0.458 e. The molecule has 3 saturated carbocycles. The molecule has 4 aliphatic heterocycles. The van der Waals surface area contributed by atoms with Gasteiger partial charge in [0.15, 0.2) is 5.72 Å².